The van der Waals surface area contributed by atoms with E-state index >= 15 is 0 Å². The molecule has 1 rings (SSSR count). The largest absolute Gasteiger partial charge is 0.274 e. The summed E-state index contributed by atoms with van der Waals surface area (Å²) in [6.45, 7) is 5.16. The van der Waals surface area contributed by atoms with Gasteiger partial charge in [0.1, 0.15) is 5.01 Å². The SMILES string of the molecule is CC(=O)N/N=C(\C)c1nc(C)cs1. The average Bonchev–Trinajstić information content (AvgIpc) is 2.47. The third kappa shape index (κ3) is 2.95. The van der Waals surface area contributed by atoms with Gasteiger partial charge in [0.25, 0.3) is 0 Å². The molecule has 0 fully saturated rings. The molecule has 0 aliphatic rings. The first-order valence-corrected chi connectivity index (χ1v) is 4.71. The van der Waals surface area contributed by atoms with E-state index in [9.17, 15) is 4.79 Å². The molecule has 70 valence electrons. The topological polar surface area (TPSA) is 54.4 Å². The van der Waals surface area contributed by atoms with Crippen molar-refractivity contribution in [2.24, 2.45) is 5.10 Å². The van der Waals surface area contributed by atoms with Gasteiger partial charge in [-0.1, -0.05) is 0 Å². The minimum Gasteiger partial charge on any atom is -0.274 e. The molecule has 0 aliphatic carbocycles. The molecule has 1 aromatic rings. The van der Waals surface area contributed by atoms with E-state index in [1.807, 2.05) is 19.2 Å². The monoisotopic (exact) mass is 197 g/mol. The van der Waals surface area contributed by atoms with Crippen LogP contribution in [-0.4, -0.2) is 16.6 Å². The number of hydrogen-bond acceptors (Lipinski definition) is 4. The number of rotatable bonds is 2. The van der Waals surface area contributed by atoms with Crippen molar-refractivity contribution in [1.82, 2.24) is 10.4 Å². The van der Waals surface area contributed by atoms with Gasteiger partial charge in [-0.15, -0.1) is 11.3 Å². The molecule has 0 aromatic carbocycles. The van der Waals surface area contributed by atoms with Crippen molar-refractivity contribution in [3.63, 3.8) is 0 Å². The van der Waals surface area contributed by atoms with Crippen molar-refractivity contribution in [1.29, 1.82) is 0 Å². The molecule has 1 amide bonds. The Morgan fingerprint density at radius 3 is 2.77 bits per heavy atom. The maximum atomic E-state index is 10.5. The number of nitrogens with zero attached hydrogens (tertiary/aromatic N) is 2. The van der Waals surface area contributed by atoms with Gasteiger partial charge in [0.05, 0.1) is 5.71 Å². The van der Waals surface area contributed by atoms with Crippen LogP contribution in [0.1, 0.15) is 24.5 Å². The fourth-order valence-corrected chi connectivity index (χ4v) is 1.48. The van der Waals surface area contributed by atoms with Gasteiger partial charge in [0, 0.05) is 18.0 Å². The van der Waals surface area contributed by atoms with E-state index in [0.29, 0.717) is 0 Å². The number of nitrogens with one attached hydrogen (secondary N) is 1. The lowest BCUT2D eigenvalue weighted by Crippen LogP contribution is -2.14. The van der Waals surface area contributed by atoms with Crippen molar-refractivity contribution in [2.45, 2.75) is 20.8 Å². The number of thiazole rings is 1. The van der Waals surface area contributed by atoms with Crippen LogP contribution in [0, 0.1) is 6.92 Å². The van der Waals surface area contributed by atoms with Crippen molar-refractivity contribution in [3.05, 3.63) is 16.1 Å². The van der Waals surface area contributed by atoms with E-state index in [1.165, 1.54) is 18.3 Å². The van der Waals surface area contributed by atoms with Crippen molar-refractivity contribution >= 4 is 23.0 Å². The van der Waals surface area contributed by atoms with E-state index in [4.69, 9.17) is 0 Å². The van der Waals surface area contributed by atoms with E-state index in [2.05, 4.69) is 15.5 Å². The first kappa shape index (κ1) is 9.85. The Balaban J connectivity index is 2.72. The lowest BCUT2D eigenvalue weighted by Gasteiger charge is -1.94. The Bertz CT molecular complexity index is 343. The highest BCUT2D eigenvalue weighted by molar-refractivity contribution is 7.11. The summed E-state index contributed by atoms with van der Waals surface area (Å²) in [5.41, 5.74) is 4.07. The lowest BCUT2D eigenvalue weighted by atomic mass is 10.4. The highest BCUT2D eigenvalue weighted by Gasteiger charge is 2.01. The van der Waals surface area contributed by atoms with Gasteiger partial charge in [-0.05, 0) is 13.8 Å². The van der Waals surface area contributed by atoms with Crippen LogP contribution in [0.2, 0.25) is 0 Å². The van der Waals surface area contributed by atoms with Crippen LogP contribution < -0.4 is 5.43 Å². The standard InChI is InChI=1S/C8H11N3OS/c1-5-4-13-8(9-5)6(2)10-11-7(3)12/h4H,1-3H3,(H,11,12)/b10-6+. The van der Waals surface area contributed by atoms with Crippen LogP contribution >= 0.6 is 11.3 Å². The van der Waals surface area contributed by atoms with Crippen molar-refractivity contribution in [2.75, 3.05) is 0 Å². The van der Waals surface area contributed by atoms with Gasteiger partial charge in [-0.3, -0.25) is 4.79 Å². The van der Waals surface area contributed by atoms with Gasteiger partial charge in [0.15, 0.2) is 0 Å². The molecule has 1 heterocycles. The predicted molar refractivity (Wildman–Crippen MR) is 52.9 cm³/mol. The van der Waals surface area contributed by atoms with Crippen LogP contribution in [0.3, 0.4) is 0 Å². The summed E-state index contributed by atoms with van der Waals surface area (Å²) in [6.07, 6.45) is 0. The van der Waals surface area contributed by atoms with Gasteiger partial charge < -0.3 is 0 Å². The molecule has 0 unspecified atom stereocenters. The number of hydrogen-bond donors (Lipinski definition) is 1. The number of aryl methyl sites for hydroxylation is 1. The fourth-order valence-electron chi connectivity index (χ4n) is 0.731. The zero-order valence-corrected chi connectivity index (χ0v) is 8.60. The average molecular weight is 197 g/mol. The van der Waals surface area contributed by atoms with Gasteiger partial charge >= 0.3 is 0 Å². The Morgan fingerprint density at radius 1 is 1.62 bits per heavy atom. The van der Waals surface area contributed by atoms with Crippen LogP contribution in [0.4, 0.5) is 0 Å². The molecule has 0 saturated heterocycles. The summed E-state index contributed by atoms with van der Waals surface area (Å²) in [7, 11) is 0. The maximum Gasteiger partial charge on any atom is 0.236 e. The Kier molecular flexibility index (Phi) is 3.13. The molecule has 13 heavy (non-hydrogen) atoms. The second kappa shape index (κ2) is 4.13. The third-order valence-electron chi connectivity index (χ3n) is 1.31. The third-order valence-corrected chi connectivity index (χ3v) is 2.38. The van der Waals surface area contributed by atoms with E-state index < -0.39 is 0 Å². The molecule has 4 nitrogen and oxygen atoms in total. The van der Waals surface area contributed by atoms with Gasteiger partial charge in [-0.25, -0.2) is 10.4 Å². The van der Waals surface area contributed by atoms with Crippen LogP contribution in [0.25, 0.3) is 0 Å². The zero-order valence-electron chi connectivity index (χ0n) is 7.79. The van der Waals surface area contributed by atoms with E-state index in [1.54, 1.807) is 0 Å². The molecule has 5 heteroatoms. The van der Waals surface area contributed by atoms with Crippen molar-refractivity contribution < 1.29 is 4.79 Å². The normalized spacial score (nSPS) is 11.5. The van der Waals surface area contributed by atoms with Crippen LogP contribution in [0.15, 0.2) is 10.5 Å². The molecule has 0 saturated carbocycles. The molecule has 1 N–H and O–H groups in total. The fraction of sp³-hybridized carbons (Fsp3) is 0.375. The lowest BCUT2D eigenvalue weighted by molar-refractivity contribution is -0.118. The molecular formula is C8H11N3OS. The molecule has 1 aromatic heterocycles. The summed E-state index contributed by atoms with van der Waals surface area (Å²) in [5.74, 6) is -0.173. The van der Waals surface area contributed by atoms with Crippen LogP contribution in [0.5, 0.6) is 0 Å². The number of carbonyl (C=O) groups is 1. The summed E-state index contributed by atoms with van der Waals surface area (Å²) >= 11 is 1.52. The number of hydrazone groups is 1. The molecular weight excluding hydrogens is 186 g/mol. The Labute approximate surface area is 80.7 Å². The molecule has 0 atom stereocenters. The molecule has 0 radical (unpaired) electrons. The van der Waals surface area contributed by atoms with E-state index in [-0.39, 0.29) is 5.91 Å². The minimum atomic E-state index is -0.173. The van der Waals surface area contributed by atoms with Gasteiger partial charge in [0.2, 0.25) is 5.91 Å². The Morgan fingerprint density at radius 2 is 2.31 bits per heavy atom. The second-order valence-corrected chi connectivity index (χ2v) is 3.52. The van der Waals surface area contributed by atoms with E-state index in [0.717, 1.165) is 16.4 Å². The second-order valence-electron chi connectivity index (χ2n) is 2.66. The first-order chi connectivity index (χ1) is 6.09. The summed E-state index contributed by atoms with van der Waals surface area (Å²) in [6, 6.07) is 0. The first-order valence-electron chi connectivity index (χ1n) is 3.83. The highest BCUT2D eigenvalue weighted by atomic mass is 32.1. The predicted octanol–water partition coefficient (Wildman–Crippen LogP) is 1.31. The van der Waals surface area contributed by atoms with Gasteiger partial charge in [-0.2, -0.15) is 5.10 Å². The maximum absolute atomic E-state index is 10.5. The number of carbonyl (C=O) groups excluding carboxylic acids is 1. The van der Waals surface area contributed by atoms with Crippen molar-refractivity contribution in [3.8, 4) is 0 Å². The molecule has 0 aliphatic heterocycles. The summed E-state index contributed by atoms with van der Waals surface area (Å²) in [4.78, 5) is 14.8. The highest BCUT2D eigenvalue weighted by Crippen LogP contribution is 2.09. The molecule has 0 bridgehead atoms. The smallest absolute Gasteiger partial charge is 0.236 e. The summed E-state index contributed by atoms with van der Waals surface area (Å²) in [5, 5.41) is 6.66. The zero-order chi connectivity index (χ0) is 9.84. The number of amides is 1. The minimum absolute atomic E-state index is 0.173. The Hall–Kier alpha value is -1.23. The van der Waals surface area contributed by atoms with Crippen LogP contribution in [-0.2, 0) is 4.79 Å². The molecule has 0 spiro atoms. The summed E-state index contributed by atoms with van der Waals surface area (Å²) < 4.78 is 0. The number of aromatic nitrogens is 1. The quantitative estimate of drug-likeness (QED) is 0.574.